The molecule has 2 unspecified atom stereocenters. The molecular weight excluding hydrogens is 270 g/mol. The van der Waals surface area contributed by atoms with Gasteiger partial charge in [-0.15, -0.1) is 0 Å². The van der Waals surface area contributed by atoms with Crippen LogP contribution in [0.1, 0.15) is 24.5 Å². The fourth-order valence-corrected chi connectivity index (χ4v) is 2.23. The Balaban J connectivity index is 1.86. The normalized spacial score (nSPS) is 21.6. The standard InChI is InChI=1S/C16H19NO4/c1-11-8-9-21-15(11)16(20)17-10-13-4-2-12(3-5-13)6-7-14(18)19/h2-7,11,15H,8-10H2,1H3,(H,17,20)(H,18,19)/b7-6+. The Morgan fingerprint density at radius 3 is 2.67 bits per heavy atom. The van der Waals surface area contributed by atoms with Gasteiger partial charge in [0.15, 0.2) is 0 Å². The highest BCUT2D eigenvalue weighted by Gasteiger charge is 2.30. The second-order valence-corrected chi connectivity index (χ2v) is 5.19. The molecular formula is C16H19NO4. The van der Waals surface area contributed by atoms with E-state index >= 15 is 0 Å². The third-order valence-corrected chi connectivity index (χ3v) is 3.51. The second-order valence-electron chi connectivity index (χ2n) is 5.19. The highest BCUT2D eigenvalue weighted by molar-refractivity contribution is 5.85. The maximum absolute atomic E-state index is 12.0. The van der Waals surface area contributed by atoms with Crippen molar-refractivity contribution in [1.82, 2.24) is 5.32 Å². The number of aliphatic carboxylic acids is 1. The van der Waals surface area contributed by atoms with Crippen molar-refractivity contribution in [2.75, 3.05) is 6.61 Å². The van der Waals surface area contributed by atoms with Crippen molar-refractivity contribution in [2.24, 2.45) is 5.92 Å². The topological polar surface area (TPSA) is 75.6 Å². The summed E-state index contributed by atoms with van der Waals surface area (Å²) in [6, 6.07) is 7.35. The molecule has 1 saturated heterocycles. The minimum Gasteiger partial charge on any atom is -0.478 e. The molecule has 1 aliphatic rings. The molecule has 1 aromatic rings. The fourth-order valence-electron chi connectivity index (χ4n) is 2.23. The van der Waals surface area contributed by atoms with Crippen molar-refractivity contribution < 1.29 is 19.4 Å². The smallest absolute Gasteiger partial charge is 0.328 e. The molecule has 1 aliphatic heterocycles. The number of hydrogen-bond donors (Lipinski definition) is 2. The van der Waals surface area contributed by atoms with Crippen LogP contribution in [0.4, 0.5) is 0 Å². The molecule has 0 saturated carbocycles. The molecule has 0 aromatic heterocycles. The number of rotatable bonds is 5. The molecule has 0 bridgehead atoms. The Morgan fingerprint density at radius 1 is 1.38 bits per heavy atom. The number of carbonyl (C=O) groups is 2. The van der Waals surface area contributed by atoms with Gasteiger partial charge in [0.2, 0.25) is 5.91 Å². The molecule has 5 nitrogen and oxygen atoms in total. The van der Waals surface area contributed by atoms with Crippen LogP contribution in [0.25, 0.3) is 6.08 Å². The molecule has 112 valence electrons. The van der Waals surface area contributed by atoms with Crippen LogP contribution in [0, 0.1) is 5.92 Å². The van der Waals surface area contributed by atoms with Crippen LogP contribution in [0.3, 0.4) is 0 Å². The summed E-state index contributed by atoms with van der Waals surface area (Å²) in [5.41, 5.74) is 1.77. The van der Waals surface area contributed by atoms with Crippen molar-refractivity contribution in [2.45, 2.75) is 26.0 Å². The van der Waals surface area contributed by atoms with Crippen LogP contribution in [-0.2, 0) is 20.9 Å². The zero-order valence-electron chi connectivity index (χ0n) is 11.9. The average molecular weight is 289 g/mol. The molecule has 1 amide bonds. The zero-order chi connectivity index (χ0) is 15.2. The van der Waals surface area contributed by atoms with E-state index in [9.17, 15) is 9.59 Å². The lowest BCUT2D eigenvalue weighted by atomic mass is 10.0. The van der Waals surface area contributed by atoms with E-state index < -0.39 is 5.97 Å². The highest BCUT2D eigenvalue weighted by atomic mass is 16.5. The van der Waals surface area contributed by atoms with Crippen molar-refractivity contribution >= 4 is 18.0 Å². The molecule has 0 aliphatic carbocycles. The summed E-state index contributed by atoms with van der Waals surface area (Å²) < 4.78 is 5.41. The largest absolute Gasteiger partial charge is 0.478 e. The first-order chi connectivity index (χ1) is 10.1. The van der Waals surface area contributed by atoms with Crippen LogP contribution < -0.4 is 5.32 Å². The van der Waals surface area contributed by atoms with Gasteiger partial charge in [-0.2, -0.15) is 0 Å². The van der Waals surface area contributed by atoms with E-state index in [2.05, 4.69) is 5.32 Å². The van der Waals surface area contributed by atoms with Crippen LogP contribution in [0.5, 0.6) is 0 Å². The zero-order valence-corrected chi connectivity index (χ0v) is 11.9. The summed E-state index contributed by atoms with van der Waals surface area (Å²) in [7, 11) is 0. The van der Waals surface area contributed by atoms with Gasteiger partial charge in [-0.25, -0.2) is 4.79 Å². The van der Waals surface area contributed by atoms with Crippen LogP contribution in [-0.4, -0.2) is 29.7 Å². The van der Waals surface area contributed by atoms with Gasteiger partial charge in [-0.1, -0.05) is 31.2 Å². The van der Waals surface area contributed by atoms with Gasteiger partial charge in [0.25, 0.3) is 0 Å². The molecule has 1 fully saturated rings. The maximum atomic E-state index is 12.0. The lowest BCUT2D eigenvalue weighted by molar-refractivity contribution is -0.132. The predicted molar refractivity (Wildman–Crippen MR) is 78.5 cm³/mol. The molecule has 5 heteroatoms. The van der Waals surface area contributed by atoms with Gasteiger partial charge >= 0.3 is 5.97 Å². The molecule has 0 radical (unpaired) electrons. The lowest BCUT2D eigenvalue weighted by Crippen LogP contribution is -2.36. The summed E-state index contributed by atoms with van der Waals surface area (Å²) in [4.78, 5) is 22.4. The van der Waals surface area contributed by atoms with E-state index in [1.165, 1.54) is 6.08 Å². The molecule has 1 heterocycles. The van der Waals surface area contributed by atoms with Gasteiger partial charge in [-0.3, -0.25) is 4.79 Å². The van der Waals surface area contributed by atoms with Crippen LogP contribution in [0.2, 0.25) is 0 Å². The molecule has 2 atom stereocenters. The second kappa shape index (κ2) is 7.04. The maximum Gasteiger partial charge on any atom is 0.328 e. The van der Waals surface area contributed by atoms with E-state index in [1.54, 1.807) is 0 Å². The summed E-state index contributed by atoms with van der Waals surface area (Å²) in [5, 5.41) is 11.4. The Hall–Kier alpha value is -2.14. The number of benzene rings is 1. The summed E-state index contributed by atoms with van der Waals surface area (Å²) in [6.07, 6.45) is 3.19. The monoisotopic (exact) mass is 289 g/mol. The summed E-state index contributed by atoms with van der Waals surface area (Å²) in [6.45, 7) is 3.10. The first-order valence-corrected chi connectivity index (χ1v) is 6.95. The van der Waals surface area contributed by atoms with E-state index in [-0.39, 0.29) is 17.9 Å². The quantitative estimate of drug-likeness (QED) is 0.811. The molecule has 0 spiro atoms. The van der Waals surface area contributed by atoms with E-state index in [4.69, 9.17) is 9.84 Å². The van der Waals surface area contributed by atoms with Gasteiger partial charge < -0.3 is 15.2 Å². The number of nitrogens with one attached hydrogen (secondary N) is 1. The predicted octanol–water partition coefficient (Wildman–Crippen LogP) is 1.83. The first kappa shape index (κ1) is 15.3. The van der Waals surface area contributed by atoms with E-state index in [1.807, 2.05) is 31.2 Å². The third kappa shape index (κ3) is 4.43. The van der Waals surface area contributed by atoms with Crippen LogP contribution in [0.15, 0.2) is 30.3 Å². The van der Waals surface area contributed by atoms with Crippen LogP contribution >= 0.6 is 0 Å². The van der Waals surface area contributed by atoms with Gasteiger partial charge in [0.05, 0.1) is 0 Å². The average Bonchev–Trinajstić information content (AvgIpc) is 2.90. The molecule has 21 heavy (non-hydrogen) atoms. The van der Waals surface area contributed by atoms with E-state index in [0.717, 1.165) is 23.6 Å². The minimum absolute atomic E-state index is 0.0742. The Morgan fingerprint density at radius 2 is 2.10 bits per heavy atom. The number of amides is 1. The van der Waals surface area contributed by atoms with Crippen molar-refractivity contribution in [1.29, 1.82) is 0 Å². The van der Waals surface area contributed by atoms with Gasteiger partial charge in [0.1, 0.15) is 6.10 Å². The lowest BCUT2D eigenvalue weighted by Gasteiger charge is -2.14. The first-order valence-electron chi connectivity index (χ1n) is 6.95. The summed E-state index contributed by atoms with van der Waals surface area (Å²) in [5.74, 6) is -0.791. The molecule has 1 aromatic carbocycles. The Labute approximate surface area is 123 Å². The van der Waals surface area contributed by atoms with Crippen molar-refractivity contribution in [3.05, 3.63) is 41.5 Å². The van der Waals surface area contributed by atoms with Crippen molar-refractivity contribution in [3.8, 4) is 0 Å². The Bertz CT molecular complexity index is 536. The third-order valence-electron chi connectivity index (χ3n) is 3.51. The fraction of sp³-hybridized carbons (Fsp3) is 0.375. The highest BCUT2D eigenvalue weighted by Crippen LogP contribution is 2.20. The number of carbonyl (C=O) groups excluding carboxylic acids is 1. The van der Waals surface area contributed by atoms with Gasteiger partial charge in [-0.05, 0) is 29.5 Å². The minimum atomic E-state index is -0.975. The number of hydrogen-bond acceptors (Lipinski definition) is 3. The number of carboxylic acid groups (broad SMARTS) is 1. The van der Waals surface area contributed by atoms with Gasteiger partial charge in [0, 0.05) is 19.2 Å². The van der Waals surface area contributed by atoms with Crippen molar-refractivity contribution in [3.63, 3.8) is 0 Å². The Kier molecular flexibility index (Phi) is 5.11. The SMILES string of the molecule is CC1CCOC1C(=O)NCc1ccc(/C=C/C(=O)O)cc1. The number of ether oxygens (including phenoxy) is 1. The molecule has 2 rings (SSSR count). The summed E-state index contributed by atoms with van der Waals surface area (Å²) >= 11 is 0. The number of carboxylic acids is 1. The van der Waals surface area contributed by atoms with E-state index in [0.29, 0.717) is 13.2 Å². The molecule has 2 N–H and O–H groups in total.